The number of rotatable bonds is 3. The molecule has 0 radical (unpaired) electrons. The number of halogens is 1. The average molecular weight is 299 g/mol. The molecule has 2 N–H and O–H groups in total. The molecule has 1 atom stereocenters. The lowest BCUT2D eigenvalue weighted by Gasteiger charge is -2.32. The highest BCUT2D eigenvalue weighted by atomic mass is 79.9. The van der Waals surface area contributed by atoms with E-state index in [1.807, 2.05) is 0 Å². The number of morpholine rings is 1. The van der Waals surface area contributed by atoms with Gasteiger partial charge in [0, 0.05) is 30.7 Å². The van der Waals surface area contributed by atoms with E-state index in [1.165, 1.54) is 15.6 Å². The van der Waals surface area contributed by atoms with Gasteiger partial charge in [0.05, 0.1) is 12.7 Å². The lowest BCUT2D eigenvalue weighted by atomic mass is 10.1. The van der Waals surface area contributed by atoms with Crippen LogP contribution in [0, 0.1) is 6.92 Å². The Balaban J connectivity index is 2.00. The van der Waals surface area contributed by atoms with Gasteiger partial charge in [0.25, 0.3) is 0 Å². The second kappa shape index (κ2) is 5.96. The Hall–Kier alpha value is -0.420. The third-order valence-electron chi connectivity index (χ3n) is 3.09. The molecule has 94 valence electrons. The summed E-state index contributed by atoms with van der Waals surface area (Å²) in [7, 11) is 0. The zero-order valence-electron chi connectivity index (χ0n) is 10.2. The van der Waals surface area contributed by atoms with E-state index in [0.29, 0.717) is 6.54 Å². The highest BCUT2D eigenvalue weighted by molar-refractivity contribution is 9.10. The standard InChI is InChI=1S/C13H19BrN2O/c1-10-2-3-11(13(14)6-10)8-16-4-5-17-12(7-15)9-16/h2-3,6,12H,4-5,7-9,15H2,1H3. The molecule has 3 nitrogen and oxygen atoms in total. The lowest BCUT2D eigenvalue weighted by Crippen LogP contribution is -2.45. The third-order valence-corrected chi connectivity index (χ3v) is 3.83. The van der Waals surface area contributed by atoms with Gasteiger partial charge >= 0.3 is 0 Å². The van der Waals surface area contributed by atoms with E-state index in [2.05, 4.69) is 46.0 Å². The van der Waals surface area contributed by atoms with E-state index in [0.717, 1.165) is 26.2 Å². The smallest absolute Gasteiger partial charge is 0.0824 e. The normalized spacial score (nSPS) is 21.7. The van der Waals surface area contributed by atoms with Crippen LogP contribution in [-0.4, -0.2) is 37.2 Å². The number of hydrogen-bond donors (Lipinski definition) is 1. The van der Waals surface area contributed by atoms with E-state index in [1.54, 1.807) is 0 Å². The van der Waals surface area contributed by atoms with Crippen molar-refractivity contribution in [1.29, 1.82) is 0 Å². The van der Waals surface area contributed by atoms with Crippen molar-refractivity contribution < 1.29 is 4.74 Å². The molecule has 1 saturated heterocycles. The summed E-state index contributed by atoms with van der Waals surface area (Å²) in [5.41, 5.74) is 8.25. The fraction of sp³-hybridized carbons (Fsp3) is 0.538. The van der Waals surface area contributed by atoms with Crippen LogP contribution in [0.25, 0.3) is 0 Å². The van der Waals surface area contributed by atoms with Crippen molar-refractivity contribution in [3.05, 3.63) is 33.8 Å². The summed E-state index contributed by atoms with van der Waals surface area (Å²) in [5, 5.41) is 0. The fourth-order valence-electron chi connectivity index (χ4n) is 2.09. The number of ether oxygens (including phenoxy) is 1. The second-order valence-corrected chi connectivity index (χ2v) is 5.41. The third kappa shape index (κ3) is 3.52. The van der Waals surface area contributed by atoms with Crippen LogP contribution < -0.4 is 5.73 Å². The topological polar surface area (TPSA) is 38.5 Å². The van der Waals surface area contributed by atoms with Gasteiger partial charge in [-0.15, -0.1) is 0 Å². The van der Waals surface area contributed by atoms with Crippen LogP contribution >= 0.6 is 15.9 Å². The number of aryl methyl sites for hydroxylation is 1. The predicted octanol–water partition coefficient (Wildman–Crippen LogP) is 1.92. The van der Waals surface area contributed by atoms with E-state index in [4.69, 9.17) is 10.5 Å². The first-order valence-electron chi connectivity index (χ1n) is 5.98. The minimum atomic E-state index is 0.188. The molecule has 0 spiro atoms. The summed E-state index contributed by atoms with van der Waals surface area (Å²) in [6, 6.07) is 6.50. The maximum absolute atomic E-state index is 5.65. The van der Waals surface area contributed by atoms with Gasteiger partial charge in [-0.3, -0.25) is 4.90 Å². The molecule has 0 amide bonds. The first-order chi connectivity index (χ1) is 8.19. The summed E-state index contributed by atoms with van der Waals surface area (Å²) in [5.74, 6) is 0. The molecule has 17 heavy (non-hydrogen) atoms. The minimum absolute atomic E-state index is 0.188. The van der Waals surface area contributed by atoms with Gasteiger partial charge in [-0.25, -0.2) is 0 Å². The molecule has 4 heteroatoms. The molecular weight excluding hydrogens is 280 g/mol. The molecular formula is C13H19BrN2O. The Morgan fingerprint density at radius 3 is 3.06 bits per heavy atom. The summed E-state index contributed by atoms with van der Waals surface area (Å²) in [6.07, 6.45) is 0.188. The number of nitrogens with zero attached hydrogens (tertiary/aromatic N) is 1. The SMILES string of the molecule is Cc1ccc(CN2CCOC(CN)C2)c(Br)c1. The van der Waals surface area contributed by atoms with Crippen LogP contribution in [0.4, 0.5) is 0 Å². The van der Waals surface area contributed by atoms with Crippen molar-refractivity contribution in [2.45, 2.75) is 19.6 Å². The van der Waals surface area contributed by atoms with Crippen LogP contribution in [0.3, 0.4) is 0 Å². The van der Waals surface area contributed by atoms with E-state index in [-0.39, 0.29) is 6.10 Å². The van der Waals surface area contributed by atoms with Crippen molar-refractivity contribution in [2.24, 2.45) is 5.73 Å². The summed E-state index contributed by atoms with van der Waals surface area (Å²) in [4.78, 5) is 2.40. The van der Waals surface area contributed by atoms with Gasteiger partial charge in [0.15, 0.2) is 0 Å². The Kier molecular flexibility index (Phi) is 4.56. The summed E-state index contributed by atoms with van der Waals surface area (Å²) >= 11 is 3.62. The zero-order valence-corrected chi connectivity index (χ0v) is 11.7. The molecule has 1 aliphatic rings. The second-order valence-electron chi connectivity index (χ2n) is 4.56. The molecule has 1 fully saturated rings. The quantitative estimate of drug-likeness (QED) is 0.926. The van der Waals surface area contributed by atoms with Crippen molar-refractivity contribution in [1.82, 2.24) is 4.90 Å². The van der Waals surface area contributed by atoms with Crippen molar-refractivity contribution in [2.75, 3.05) is 26.2 Å². The van der Waals surface area contributed by atoms with E-state index >= 15 is 0 Å². The van der Waals surface area contributed by atoms with Crippen LogP contribution in [0.1, 0.15) is 11.1 Å². The van der Waals surface area contributed by atoms with Crippen molar-refractivity contribution in [3.63, 3.8) is 0 Å². The molecule has 1 aromatic carbocycles. The van der Waals surface area contributed by atoms with Gasteiger partial charge in [-0.2, -0.15) is 0 Å². The summed E-state index contributed by atoms with van der Waals surface area (Å²) < 4.78 is 6.75. The minimum Gasteiger partial charge on any atom is -0.374 e. The number of benzene rings is 1. The summed E-state index contributed by atoms with van der Waals surface area (Å²) in [6.45, 7) is 6.36. The molecule has 0 aromatic heterocycles. The fourth-order valence-corrected chi connectivity index (χ4v) is 2.71. The van der Waals surface area contributed by atoms with E-state index < -0.39 is 0 Å². The number of hydrogen-bond acceptors (Lipinski definition) is 3. The van der Waals surface area contributed by atoms with Crippen molar-refractivity contribution >= 4 is 15.9 Å². The van der Waals surface area contributed by atoms with Crippen LogP contribution in [0.2, 0.25) is 0 Å². The maximum Gasteiger partial charge on any atom is 0.0824 e. The predicted molar refractivity (Wildman–Crippen MR) is 73.0 cm³/mol. The molecule has 1 unspecified atom stereocenters. The first-order valence-corrected chi connectivity index (χ1v) is 6.77. The highest BCUT2D eigenvalue weighted by Gasteiger charge is 2.19. The first kappa shape index (κ1) is 13.0. The molecule has 2 rings (SSSR count). The Morgan fingerprint density at radius 2 is 2.35 bits per heavy atom. The van der Waals surface area contributed by atoms with Gasteiger partial charge in [-0.05, 0) is 24.1 Å². The molecule has 0 aliphatic carbocycles. The van der Waals surface area contributed by atoms with E-state index in [9.17, 15) is 0 Å². The van der Waals surface area contributed by atoms with Crippen molar-refractivity contribution in [3.8, 4) is 0 Å². The Bertz CT molecular complexity index is 384. The molecule has 0 saturated carbocycles. The van der Waals surface area contributed by atoms with Gasteiger partial charge in [0.2, 0.25) is 0 Å². The Labute approximate surface area is 111 Å². The molecule has 1 heterocycles. The molecule has 0 bridgehead atoms. The zero-order chi connectivity index (χ0) is 12.3. The molecule has 1 aromatic rings. The Morgan fingerprint density at radius 1 is 1.53 bits per heavy atom. The lowest BCUT2D eigenvalue weighted by molar-refractivity contribution is -0.0261. The van der Waals surface area contributed by atoms with Crippen LogP contribution in [0.5, 0.6) is 0 Å². The monoisotopic (exact) mass is 298 g/mol. The van der Waals surface area contributed by atoms with Crippen LogP contribution in [-0.2, 0) is 11.3 Å². The highest BCUT2D eigenvalue weighted by Crippen LogP contribution is 2.20. The van der Waals surface area contributed by atoms with Gasteiger partial charge in [-0.1, -0.05) is 28.1 Å². The largest absolute Gasteiger partial charge is 0.374 e. The van der Waals surface area contributed by atoms with Crippen LogP contribution in [0.15, 0.2) is 22.7 Å². The molecule has 1 aliphatic heterocycles. The maximum atomic E-state index is 5.65. The van der Waals surface area contributed by atoms with Gasteiger partial charge in [0.1, 0.15) is 0 Å². The average Bonchev–Trinajstić information content (AvgIpc) is 2.33. The number of nitrogens with two attached hydrogens (primary N) is 1. The van der Waals surface area contributed by atoms with Gasteiger partial charge < -0.3 is 10.5 Å².